The second-order valence-corrected chi connectivity index (χ2v) is 7.72. The van der Waals surface area contributed by atoms with Gasteiger partial charge in [-0.3, -0.25) is 4.79 Å². The maximum Gasteiger partial charge on any atom is 0.258 e. The molecule has 0 spiro atoms. The molecule has 3 nitrogen and oxygen atoms in total. The zero-order valence-corrected chi connectivity index (χ0v) is 16.2. The summed E-state index contributed by atoms with van der Waals surface area (Å²) in [6.07, 6.45) is 0.981. The number of aryl methyl sites for hydroxylation is 2. The molecule has 0 aliphatic rings. The highest BCUT2D eigenvalue weighted by atomic mass is 32.2. The number of aromatic nitrogens is 1. The molecule has 3 aromatic rings. The maximum absolute atomic E-state index is 12.3. The highest BCUT2D eigenvalue weighted by Gasteiger charge is 2.10. The molecule has 0 aliphatic carbocycles. The van der Waals surface area contributed by atoms with Crippen molar-refractivity contribution < 1.29 is 4.79 Å². The van der Waals surface area contributed by atoms with E-state index in [2.05, 4.69) is 53.7 Å². The Balaban J connectivity index is 1.79. The topological polar surface area (TPSA) is 34.4 Å². The Morgan fingerprint density at radius 3 is 2.64 bits per heavy atom. The van der Waals surface area contributed by atoms with Crippen molar-refractivity contribution in [2.45, 2.75) is 32.6 Å². The predicted octanol–water partition coefficient (Wildman–Crippen LogP) is 4.65. The van der Waals surface area contributed by atoms with Crippen molar-refractivity contribution in [3.8, 4) is 0 Å². The molecule has 0 saturated heterocycles. The quantitative estimate of drug-likeness (QED) is 0.633. The second kappa shape index (κ2) is 8.50. The lowest BCUT2D eigenvalue weighted by Gasteiger charge is -2.05. The molecular weight excluding hydrogens is 348 g/mol. The standard InChI is InChI=1S/C20H22N2OS2/c1-3-16-11-8-12-17-19(16)22(4-2)20(25-17)21-18(23)14-24-13-15-9-6-5-7-10-15/h5-12H,3-4,13-14H2,1-2H3. The second-order valence-electron chi connectivity index (χ2n) is 5.73. The summed E-state index contributed by atoms with van der Waals surface area (Å²) in [5.41, 5.74) is 3.77. The molecule has 1 aromatic heterocycles. The zero-order valence-electron chi connectivity index (χ0n) is 14.6. The minimum atomic E-state index is -0.0623. The van der Waals surface area contributed by atoms with Crippen molar-refractivity contribution in [2.24, 2.45) is 4.99 Å². The predicted molar refractivity (Wildman–Crippen MR) is 108 cm³/mol. The van der Waals surface area contributed by atoms with Crippen molar-refractivity contribution in [2.75, 3.05) is 5.75 Å². The first-order valence-electron chi connectivity index (χ1n) is 8.53. The van der Waals surface area contributed by atoms with E-state index in [1.807, 2.05) is 18.2 Å². The van der Waals surface area contributed by atoms with Crippen LogP contribution in [0.3, 0.4) is 0 Å². The molecule has 0 radical (unpaired) electrons. The van der Waals surface area contributed by atoms with Crippen LogP contribution in [0.15, 0.2) is 53.5 Å². The Labute approximate surface area is 156 Å². The fourth-order valence-electron chi connectivity index (χ4n) is 2.84. The van der Waals surface area contributed by atoms with E-state index >= 15 is 0 Å². The van der Waals surface area contributed by atoms with E-state index in [0.717, 1.165) is 23.5 Å². The minimum Gasteiger partial charge on any atom is -0.316 e. The third-order valence-corrected chi connectivity index (χ3v) is 6.07. The lowest BCUT2D eigenvalue weighted by Crippen LogP contribution is -2.17. The van der Waals surface area contributed by atoms with Gasteiger partial charge in [0.2, 0.25) is 0 Å². The molecule has 0 aliphatic heterocycles. The molecule has 0 unspecified atom stereocenters. The van der Waals surface area contributed by atoms with Crippen LogP contribution < -0.4 is 4.80 Å². The molecule has 3 rings (SSSR count). The van der Waals surface area contributed by atoms with Gasteiger partial charge in [0.15, 0.2) is 4.80 Å². The van der Waals surface area contributed by atoms with Gasteiger partial charge in [-0.25, -0.2) is 0 Å². The van der Waals surface area contributed by atoms with E-state index < -0.39 is 0 Å². The van der Waals surface area contributed by atoms with Crippen molar-refractivity contribution >= 4 is 39.2 Å². The first-order chi connectivity index (χ1) is 12.2. The van der Waals surface area contributed by atoms with Gasteiger partial charge in [0.25, 0.3) is 5.91 Å². The lowest BCUT2D eigenvalue weighted by molar-refractivity contribution is -0.115. The van der Waals surface area contributed by atoms with E-state index in [-0.39, 0.29) is 5.91 Å². The number of amides is 1. The number of hydrogen-bond donors (Lipinski definition) is 0. The fourth-order valence-corrected chi connectivity index (χ4v) is 4.77. The largest absolute Gasteiger partial charge is 0.316 e. The number of hydrogen-bond acceptors (Lipinski definition) is 3. The third-order valence-electron chi connectivity index (χ3n) is 4.04. The number of fused-ring (bicyclic) bond motifs is 1. The molecule has 5 heteroatoms. The smallest absolute Gasteiger partial charge is 0.258 e. The van der Waals surface area contributed by atoms with Gasteiger partial charge in [0.1, 0.15) is 0 Å². The van der Waals surface area contributed by atoms with E-state index in [4.69, 9.17) is 0 Å². The Morgan fingerprint density at radius 2 is 1.92 bits per heavy atom. The van der Waals surface area contributed by atoms with Crippen LogP contribution in [0.25, 0.3) is 10.2 Å². The van der Waals surface area contributed by atoms with Crippen LogP contribution in [-0.2, 0) is 23.5 Å². The number of thioether (sulfide) groups is 1. The summed E-state index contributed by atoms with van der Waals surface area (Å²) in [4.78, 5) is 17.5. The molecular formula is C20H22N2OS2. The number of thiazole rings is 1. The molecule has 0 fully saturated rings. The third kappa shape index (κ3) is 4.22. The van der Waals surface area contributed by atoms with Crippen LogP contribution >= 0.6 is 23.1 Å². The maximum atomic E-state index is 12.3. The SMILES string of the molecule is CCc1cccc2sc(=NC(=O)CSCc3ccccc3)n(CC)c12. The van der Waals surface area contributed by atoms with E-state index in [1.54, 1.807) is 23.1 Å². The van der Waals surface area contributed by atoms with Crippen molar-refractivity contribution in [3.63, 3.8) is 0 Å². The van der Waals surface area contributed by atoms with Gasteiger partial charge >= 0.3 is 0 Å². The number of rotatable bonds is 6. The van der Waals surface area contributed by atoms with Crippen LogP contribution in [0.2, 0.25) is 0 Å². The summed E-state index contributed by atoms with van der Waals surface area (Å²) < 4.78 is 3.36. The van der Waals surface area contributed by atoms with Gasteiger partial charge < -0.3 is 4.57 Å². The first kappa shape index (κ1) is 18.0. The highest BCUT2D eigenvalue weighted by Crippen LogP contribution is 2.22. The molecule has 130 valence electrons. The summed E-state index contributed by atoms with van der Waals surface area (Å²) in [5, 5.41) is 0. The number of benzene rings is 2. The Bertz CT molecular complexity index is 926. The number of nitrogens with zero attached hydrogens (tertiary/aromatic N) is 2. The van der Waals surface area contributed by atoms with Crippen LogP contribution in [0.1, 0.15) is 25.0 Å². The van der Waals surface area contributed by atoms with Crippen molar-refractivity contribution in [1.29, 1.82) is 0 Å². The highest BCUT2D eigenvalue weighted by molar-refractivity contribution is 7.99. The van der Waals surface area contributed by atoms with Crippen LogP contribution in [0.4, 0.5) is 0 Å². The van der Waals surface area contributed by atoms with Gasteiger partial charge in [-0.15, -0.1) is 11.8 Å². The molecule has 0 N–H and O–H groups in total. The summed E-state index contributed by atoms with van der Waals surface area (Å²) in [6.45, 7) is 5.08. The Kier molecular flexibility index (Phi) is 6.10. The molecule has 2 aromatic carbocycles. The van der Waals surface area contributed by atoms with Crippen LogP contribution in [0, 0.1) is 0 Å². The van der Waals surface area contributed by atoms with Gasteiger partial charge in [-0.1, -0.05) is 60.7 Å². The summed E-state index contributed by atoms with van der Waals surface area (Å²) in [7, 11) is 0. The van der Waals surface area contributed by atoms with E-state index in [0.29, 0.717) is 5.75 Å². The van der Waals surface area contributed by atoms with Crippen LogP contribution in [-0.4, -0.2) is 16.2 Å². The summed E-state index contributed by atoms with van der Waals surface area (Å²) in [5.74, 6) is 1.18. The Hall–Kier alpha value is -1.85. The average molecular weight is 371 g/mol. The molecule has 1 amide bonds. The van der Waals surface area contributed by atoms with E-state index in [1.165, 1.54) is 21.3 Å². The van der Waals surface area contributed by atoms with Crippen LogP contribution in [0.5, 0.6) is 0 Å². The van der Waals surface area contributed by atoms with Crippen molar-refractivity contribution in [3.05, 3.63) is 64.5 Å². The van der Waals surface area contributed by atoms with Gasteiger partial charge in [-0.2, -0.15) is 4.99 Å². The van der Waals surface area contributed by atoms with Gasteiger partial charge in [0, 0.05) is 12.3 Å². The molecule has 0 atom stereocenters. The molecule has 25 heavy (non-hydrogen) atoms. The van der Waals surface area contributed by atoms with Gasteiger partial charge in [0.05, 0.1) is 16.0 Å². The van der Waals surface area contributed by atoms with E-state index in [9.17, 15) is 4.79 Å². The monoisotopic (exact) mass is 370 g/mol. The number of para-hydroxylation sites is 1. The molecule has 0 saturated carbocycles. The first-order valence-corrected chi connectivity index (χ1v) is 10.5. The molecule has 0 bridgehead atoms. The Morgan fingerprint density at radius 1 is 1.12 bits per heavy atom. The fraction of sp³-hybridized carbons (Fsp3) is 0.300. The van der Waals surface area contributed by atoms with Crippen molar-refractivity contribution in [1.82, 2.24) is 4.57 Å². The normalized spacial score (nSPS) is 12.0. The summed E-state index contributed by atoms with van der Waals surface area (Å²) in [6, 6.07) is 16.6. The number of carbonyl (C=O) groups excluding carboxylic acids is 1. The zero-order chi connectivity index (χ0) is 17.6. The number of carbonyl (C=O) groups is 1. The van der Waals surface area contributed by atoms with Gasteiger partial charge in [-0.05, 0) is 30.5 Å². The molecule has 1 heterocycles. The summed E-state index contributed by atoms with van der Waals surface area (Å²) >= 11 is 3.22. The average Bonchev–Trinajstić information content (AvgIpc) is 2.99. The minimum absolute atomic E-state index is 0.0623. The lowest BCUT2D eigenvalue weighted by atomic mass is 10.1.